The van der Waals surface area contributed by atoms with Crippen LogP contribution < -0.4 is 10.1 Å². The van der Waals surface area contributed by atoms with Gasteiger partial charge in [-0.1, -0.05) is 35.3 Å². The Balaban J connectivity index is 2.05. The first-order valence-corrected chi connectivity index (χ1v) is 7.31. The number of ether oxygens (including phenoxy) is 1. The topological polar surface area (TPSA) is 41.5 Å². The predicted octanol–water partition coefficient (Wildman–Crippen LogP) is 4.56. The van der Waals surface area contributed by atoms with Crippen molar-refractivity contribution in [2.24, 2.45) is 0 Å². The average molecular weight is 326 g/mol. The van der Waals surface area contributed by atoms with Gasteiger partial charge in [0, 0.05) is 23.2 Å². The first kappa shape index (κ1) is 16.0. The fourth-order valence-corrected chi connectivity index (χ4v) is 2.56. The highest BCUT2D eigenvalue weighted by Crippen LogP contribution is 2.31. The highest BCUT2D eigenvalue weighted by Gasteiger charge is 2.10. The van der Waals surface area contributed by atoms with Crippen molar-refractivity contribution in [2.75, 3.05) is 7.11 Å². The molecular formula is C16H17Cl2NO2. The number of nitrogens with one attached hydrogen (secondary N) is 1. The number of phenols is 1. The Morgan fingerprint density at radius 3 is 2.48 bits per heavy atom. The van der Waals surface area contributed by atoms with E-state index in [9.17, 15) is 5.11 Å². The minimum Gasteiger partial charge on any atom is -0.506 e. The van der Waals surface area contributed by atoms with Crippen LogP contribution in [0.2, 0.25) is 10.0 Å². The van der Waals surface area contributed by atoms with Crippen LogP contribution in [0.3, 0.4) is 0 Å². The molecule has 1 atom stereocenters. The van der Waals surface area contributed by atoms with Gasteiger partial charge in [0.2, 0.25) is 0 Å². The number of hydrogen-bond acceptors (Lipinski definition) is 3. The zero-order chi connectivity index (χ0) is 15.4. The van der Waals surface area contributed by atoms with Crippen molar-refractivity contribution in [3.8, 4) is 11.5 Å². The lowest BCUT2D eigenvalue weighted by Gasteiger charge is -2.16. The third-order valence-corrected chi connectivity index (χ3v) is 3.83. The van der Waals surface area contributed by atoms with Crippen LogP contribution in [0.1, 0.15) is 24.1 Å². The van der Waals surface area contributed by atoms with Crippen molar-refractivity contribution in [1.82, 2.24) is 5.32 Å². The van der Waals surface area contributed by atoms with Gasteiger partial charge in [-0.15, -0.1) is 0 Å². The third kappa shape index (κ3) is 4.03. The minimum absolute atomic E-state index is 0.0653. The molecule has 0 bridgehead atoms. The van der Waals surface area contributed by atoms with Crippen molar-refractivity contribution in [3.63, 3.8) is 0 Å². The predicted molar refractivity (Wildman–Crippen MR) is 86.4 cm³/mol. The number of phenolic OH excluding ortho intramolecular Hbond substituents is 1. The number of methoxy groups -OCH3 is 1. The van der Waals surface area contributed by atoms with Crippen LogP contribution in [0.5, 0.6) is 11.5 Å². The van der Waals surface area contributed by atoms with E-state index in [0.29, 0.717) is 17.1 Å². The smallest absolute Gasteiger partial charge is 0.138 e. The van der Waals surface area contributed by atoms with Crippen LogP contribution in [0.4, 0.5) is 0 Å². The maximum Gasteiger partial charge on any atom is 0.138 e. The Morgan fingerprint density at radius 2 is 1.86 bits per heavy atom. The molecule has 0 radical (unpaired) electrons. The third-order valence-electron chi connectivity index (χ3n) is 3.32. The summed E-state index contributed by atoms with van der Waals surface area (Å²) < 4.78 is 5.14. The quantitative estimate of drug-likeness (QED) is 0.846. The van der Waals surface area contributed by atoms with Gasteiger partial charge in [-0.2, -0.15) is 0 Å². The first-order chi connectivity index (χ1) is 10.0. The Kier molecular flexibility index (Phi) is 5.34. The van der Waals surface area contributed by atoms with Gasteiger partial charge >= 0.3 is 0 Å². The molecule has 0 amide bonds. The normalized spacial score (nSPS) is 12.2. The molecule has 0 spiro atoms. The summed E-state index contributed by atoms with van der Waals surface area (Å²) >= 11 is 11.9. The molecule has 5 heteroatoms. The first-order valence-electron chi connectivity index (χ1n) is 6.55. The summed E-state index contributed by atoms with van der Waals surface area (Å²) in [5, 5.41) is 14.0. The summed E-state index contributed by atoms with van der Waals surface area (Å²) in [5.41, 5.74) is 1.80. The SMILES string of the molecule is COc1ccc(C(C)NCc2cc(Cl)cc(Cl)c2O)cc1. The van der Waals surface area contributed by atoms with Crippen molar-refractivity contribution in [2.45, 2.75) is 19.5 Å². The van der Waals surface area contributed by atoms with Crippen LogP contribution in [0.25, 0.3) is 0 Å². The molecule has 2 aromatic rings. The lowest BCUT2D eigenvalue weighted by atomic mass is 10.1. The molecule has 112 valence electrons. The van der Waals surface area contributed by atoms with Crippen LogP contribution in [0, 0.1) is 0 Å². The van der Waals surface area contributed by atoms with E-state index in [-0.39, 0.29) is 16.8 Å². The molecule has 2 rings (SSSR count). The number of aromatic hydroxyl groups is 1. The van der Waals surface area contributed by atoms with Crippen LogP contribution in [-0.4, -0.2) is 12.2 Å². The Labute approximate surface area is 134 Å². The number of halogens is 2. The zero-order valence-corrected chi connectivity index (χ0v) is 13.4. The van der Waals surface area contributed by atoms with E-state index in [1.54, 1.807) is 13.2 Å². The van der Waals surface area contributed by atoms with Crippen LogP contribution in [-0.2, 0) is 6.54 Å². The van der Waals surface area contributed by atoms with Gasteiger partial charge in [-0.05, 0) is 36.8 Å². The zero-order valence-electron chi connectivity index (χ0n) is 11.9. The molecule has 0 aliphatic carbocycles. The number of hydrogen-bond donors (Lipinski definition) is 2. The second-order valence-corrected chi connectivity index (χ2v) is 5.61. The van der Waals surface area contributed by atoms with Crippen molar-refractivity contribution >= 4 is 23.2 Å². The standard InChI is InChI=1S/C16H17Cl2NO2/c1-10(11-3-5-14(21-2)6-4-11)19-9-12-7-13(17)8-15(18)16(12)20/h3-8,10,19-20H,9H2,1-2H3. The molecule has 0 saturated carbocycles. The van der Waals surface area contributed by atoms with E-state index in [1.807, 2.05) is 31.2 Å². The molecule has 2 N–H and O–H groups in total. The fourth-order valence-electron chi connectivity index (χ4n) is 2.03. The maximum absolute atomic E-state index is 9.93. The maximum atomic E-state index is 9.93. The summed E-state index contributed by atoms with van der Waals surface area (Å²) in [5.74, 6) is 0.890. The van der Waals surface area contributed by atoms with E-state index in [0.717, 1.165) is 11.3 Å². The fraction of sp³-hybridized carbons (Fsp3) is 0.250. The van der Waals surface area contributed by atoms with E-state index in [2.05, 4.69) is 5.32 Å². The van der Waals surface area contributed by atoms with E-state index in [4.69, 9.17) is 27.9 Å². The monoisotopic (exact) mass is 325 g/mol. The van der Waals surface area contributed by atoms with Gasteiger partial charge in [-0.25, -0.2) is 0 Å². The number of benzene rings is 2. The van der Waals surface area contributed by atoms with E-state index in [1.165, 1.54) is 6.07 Å². The molecule has 0 aromatic heterocycles. The van der Waals surface area contributed by atoms with E-state index < -0.39 is 0 Å². The molecule has 2 aromatic carbocycles. The van der Waals surface area contributed by atoms with Crippen molar-refractivity contribution < 1.29 is 9.84 Å². The summed E-state index contributed by atoms with van der Waals surface area (Å²) in [4.78, 5) is 0. The highest BCUT2D eigenvalue weighted by molar-refractivity contribution is 6.35. The van der Waals surface area contributed by atoms with Crippen molar-refractivity contribution in [3.05, 3.63) is 57.6 Å². The van der Waals surface area contributed by atoms with Crippen LogP contribution >= 0.6 is 23.2 Å². The Bertz CT molecular complexity index is 614. The molecule has 0 aliphatic rings. The molecule has 21 heavy (non-hydrogen) atoms. The molecule has 0 saturated heterocycles. The second-order valence-electron chi connectivity index (χ2n) is 4.77. The van der Waals surface area contributed by atoms with Gasteiger partial charge in [0.25, 0.3) is 0 Å². The molecular weight excluding hydrogens is 309 g/mol. The highest BCUT2D eigenvalue weighted by atomic mass is 35.5. The Hall–Kier alpha value is -1.42. The second kappa shape index (κ2) is 7.03. The van der Waals surface area contributed by atoms with Gasteiger partial charge in [-0.3, -0.25) is 0 Å². The summed E-state index contributed by atoms with van der Waals surface area (Å²) in [6.45, 7) is 2.52. The molecule has 0 heterocycles. The van der Waals surface area contributed by atoms with Gasteiger partial charge in [0.1, 0.15) is 11.5 Å². The minimum atomic E-state index is 0.0653. The molecule has 0 fully saturated rings. The van der Waals surface area contributed by atoms with Crippen molar-refractivity contribution in [1.29, 1.82) is 0 Å². The Morgan fingerprint density at radius 1 is 1.19 bits per heavy atom. The average Bonchev–Trinajstić information content (AvgIpc) is 2.49. The molecule has 3 nitrogen and oxygen atoms in total. The largest absolute Gasteiger partial charge is 0.506 e. The lowest BCUT2D eigenvalue weighted by molar-refractivity contribution is 0.414. The summed E-state index contributed by atoms with van der Waals surface area (Å²) in [6.07, 6.45) is 0. The molecule has 0 aliphatic heterocycles. The van der Waals surface area contributed by atoms with Gasteiger partial charge < -0.3 is 15.2 Å². The lowest BCUT2D eigenvalue weighted by Crippen LogP contribution is -2.18. The molecule has 1 unspecified atom stereocenters. The van der Waals surface area contributed by atoms with Gasteiger partial charge in [0.15, 0.2) is 0 Å². The number of rotatable bonds is 5. The summed E-state index contributed by atoms with van der Waals surface area (Å²) in [6, 6.07) is 11.2. The van der Waals surface area contributed by atoms with Gasteiger partial charge in [0.05, 0.1) is 12.1 Å². The summed E-state index contributed by atoms with van der Waals surface area (Å²) in [7, 11) is 1.64. The van der Waals surface area contributed by atoms with E-state index >= 15 is 0 Å². The van der Waals surface area contributed by atoms with Crippen LogP contribution in [0.15, 0.2) is 36.4 Å².